The Balaban J connectivity index is 2.10. The van der Waals surface area contributed by atoms with Crippen LogP contribution in [0, 0.1) is 11.5 Å². The molecule has 2 aliphatic rings. The summed E-state index contributed by atoms with van der Waals surface area (Å²) in [7, 11) is -7.52. The SMILES string of the molecule is CC(C)[Si]1(C(C)C)OC[C@H]2O[C@@H](n3cc(C#C[Si](C)(C)C)c(=O)[nH]c3=O)C(O)[C@H]2O[Si](C(C)C)(C(C)C)O1. The number of H-pyrrole nitrogens is 1. The zero-order chi connectivity index (χ0) is 28.8. The first kappa shape index (κ1) is 31.2. The molecule has 214 valence electrons. The number of fused-ring (bicyclic) bond motifs is 1. The molecule has 0 bridgehead atoms. The molecule has 4 atom stereocenters. The molecule has 0 amide bonds. The molecular weight excluding hydrogens is 537 g/mol. The molecule has 38 heavy (non-hydrogen) atoms. The number of aromatic nitrogens is 2. The maximum absolute atomic E-state index is 12.9. The molecule has 12 heteroatoms. The molecule has 0 saturated carbocycles. The van der Waals surface area contributed by atoms with E-state index in [1.54, 1.807) is 0 Å². The molecule has 0 radical (unpaired) electrons. The van der Waals surface area contributed by atoms with E-state index >= 15 is 0 Å². The molecule has 0 aliphatic carbocycles. The molecule has 1 aromatic rings. The van der Waals surface area contributed by atoms with Crippen molar-refractivity contribution < 1.29 is 22.8 Å². The Morgan fingerprint density at radius 1 is 1.00 bits per heavy atom. The highest BCUT2D eigenvalue weighted by Crippen LogP contribution is 2.48. The number of aliphatic hydroxyl groups excluding tert-OH is 1. The third-order valence-corrected chi connectivity index (χ3v) is 18.6. The Kier molecular flexibility index (Phi) is 9.27. The lowest BCUT2D eigenvalue weighted by Crippen LogP contribution is -2.65. The van der Waals surface area contributed by atoms with E-state index in [0.29, 0.717) is 0 Å². The summed E-state index contributed by atoms with van der Waals surface area (Å²) in [5.74, 6) is 2.93. The number of rotatable bonds is 5. The van der Waals surface area contributed by atoms with Crippen molar-refractivity contribution in [2.24, 2.45) is 0 Å². The zero-order valence-electron chi connectivity index (χ0n) is 24.7. The highest BCUT2D eigenvalue weighted by atomic mass is 28.5. The van der Waals surface area contributed by atoms with E-state index in [4.69, 9.17) is 17.7 Å². The number of aromatic amines is 1. The molecule has 9 nitrogen and oxygen atoms in total. The second-order valence-corrected chi connectivity index (χ2v) is 26.4. The van der Waals surface area contributed by atoms with Crippen LogP contribution in [0.15, 0.2) is 15.8 Å². The molecule has 2 saturated heterocycles. The van der Waals surface area contributed by atoms with Gasteiger partial charge in [-0.05, 0) is 22.2 Å². The van der Waals surface area contributed by atoms with E-state index in [0.717, 1.165) is 0 Å². The fraction of sp³-hybridized carbons (Fsp3) is 0.769. The normalized spacial score (nSPS) is 27.3. The Morgan fingerprint density at radius 3 is 2.05 bits per heavy atom. The molecule has 2 N–H and O–H groups in total. The number of nitrogens with one attached hydrogen (secondary N) is 1. The van der Waals surface area contributed by atoms with Crippen molar-refractivity contribution in [3.05, 3.63) is 32.6 Å². The lowest BCUT2D eigenvalue weighted by molar-refractivity contribution is -0.0601. The van der Waals surface area contributed by atoms with E-state index < -0.39 is 61.0 Å². The largest absolute Gasteiger partial charge is 0.414 e. The second-order valence-electron chi connectivity index (χ2n) is 12.8. The summed E-state index contributed by atoms with van der Waals surface area (Å²) < 4.78 is 28.3. The van der Waals surface area contributed by atoms with Crippen LogP contribution < -0.4 is 11.2 Å². The van der Waals surface area contributed by atoms with Gasteiger partial charge < -0.3 is 22.8 Å². The second kappa shape index (κ2) is 11.3. The van der Waals surface area contributed by atoms with Gasteiger partial charge in [-0.25, -0.2) is 4.79 Å². The summed E-state index contributed by atoms with van der Waals surface area (Å²) in [5, 5.41) is 11.5. The van der Waals surface area contributed by atoms with Crippen LogP contribution in [0.2, 0.25) is 41.8 Å². The van der Waals surface area contributed by atoms with Crippen molar-refractivity contribution >= 4 is 25.2 Å². The van der Waals surface area contributed by atoms with Crippen molar-refractivity contribution in [2.75, 3.05) is 6.61 Å². The highest BCUT2D eigenvalue weighted by Gasteiger charge is 2.61. The van der Waals surface area contributed by atoms with Crippen molar-refractivity contribution in [3.8, 4) is 11.5 Å². The number of hydrogen-bond donors (Lipinski definition) is 2. The first-order chi connectivity index (χ1) is 17.4. The summed E-state index contributed by atoms with van der Waals surface area (Å²) in [5.41, 5.74) is 2.59. The number of ether oxygens (including phenoxy) is 1. The number of hydrogen-bond acceptors (Lipinski definition) is 7. The van der Waals surface area contributed by atoms with Crippen LogP contribution in [-0.2, 0) is 17.7 Å². The Bertz CT molecular complexity index is 1160. The fourth-order valence-corrected chi connectivity index (χ4v) is 17.1. The minimum absolute atomic E-state index is 0.0831. The maximum Gasteiger partial charge on any atom is 0.335 e. The molecular formula is C26H46N2O7Si3. The van der Waals surface area contributed by atoms with Gasteiger partial charge in [0.1, 0.15) is 31.9 Å². The first-order valence-electron chi connectivity index (χ1n) is 13.7. The summed E-state index contributed by atoms with van der Waals surface area (Å²) in [6, 6.07) is 0. The van der Waals surface area contributed by atoms with Crippen LogP contribution in [0.3, 0.4) is 0 Å². The van der Waals surface area contributed by atoms with E-state index in [-0.39, 0.29) is 34.3 Å². The minimum atomic E-state index is -2.97. The molecule has 1 aromatic heterocycles. The topological polar surface area (TPSA) is 112 Å². The molecule has 2 fully saturated rings. The summed E-state index contributed by atoms with van der Waals surface area (Å²) >= 11 is 0. The molecule has 2 aliphatic heterocycles. The summed E-state index contributed by atoms with van der Waals surface area (Å²) in [6.45, 7) is 23.4. The van der Waals surface area contributed by atoms with Gasteiger partial charge in [-0.2, -0.15) is 0 Å². The van der Waals surface area contributed by atoms with Crippen LogP contribution in [0.4, 0.5) is 0 Å². The van der Waals surface area contributed by atoms with Crippen LogP contribution in [-0.4, -0.2) is 64.8 Å². The van der Waals surface area contributed by atoms with Gasteiger partial charge in [0.25, 0.3) is 5.56 Å². The fourth-order valence-electron chi connectivity index (χ4n) is 5.39. The third kappa shape index (κ3) is 5.90. The third-order valence-electron chi connectivity index (χ3n) is 7.45. The van der Waals surface area contributed by atoms with E-state index in [1.165, 1.54) is 10.8 Å². The quantitative estimate of drug-likeness (QED) is 0.399. The smallest absolute Gasteiger partial charge is 0.335 e. The van der Waals surface area contributed by atoms with Crippen molar-refractivity contribution in [2.45, 2.75) is 122 Å². The van der Waals surface area contributed by atoms with Gasteiger partial charge in [0.05, 0.1) is 6.61 Å². The monoisotopic (exact) mass is 582 g/mol. The standard InChI is InChI=1S/C26H46N2O7Si3/c1-16(2)37(17(3)4)32-15-21-23(34-38(35-37,18(5)6)19(7)8)22(29)25(33-21)28-14-20(12-13-36(9,10)11)24(30)27-26(28)31/h14,16-19,21-23,25,29H,15H2,1-11H3,(H,27,30,31)/t21-,22?,23+,25-/m1/s1. The predicted molar refractivity (Wildman–Crippen MR) is 155 cm³/mol. The van der Waals surface area contributed by atoms with E-state index in [1.807, 2.05) is 0 Å². The van der Waals surface area contributed by atoms with Gasteiger partial charge in [-0.1, -0.05) is 81.0 Å². The number of aliphatic hydroxyl groups is 1. The van der Waals surface area contributed by atoms with Gasteiger partial charge in [0.15, 0.2) is 6.23 Å². The van der Waals surface area contributed by atoms with Crippen LogP contribution in [0.5, 0.6) is 0 Å². The summed E-state index contributed by atoms with van der Waals surface area (Å²) in [6.07, 6.45) is -2.22. The van der Waals surface area contributed by atoms with Crippen LogP contribution in [0.1, 0.15) is 67.2 Å². The van der Waals surface area contributed by atoms with Crippen LogP contribution in [0.25, 0.3) is 0 Å². The van der Waals surface area contributed by atoms with Crippen LogP contribution >= 0.6 is 0 Å². The summed E-state index contributed by atoms with van der Waals surface area (Å²) in [4.78, 5) is 27.7. The molecule has 3 rings (SSSR count). The molecule has 1 unspecified atom stereocenters. The Labute approximate surface area is 229 Å². The molecule has 0 aromatic carbocycles. The molecule has 0 spiro atoms. The van der Waals surface area contributed by atoms with Gasteiger partial charge >= 0.3 is 22.8 Å². The lowest BCUT2D eigenvalue weighted by atomic mass is 10.1. The zero-order valence-corrected chi connectivity index (χ0v) is 27.7. The van der Waals surface area contributed by atoms with Crippen molar-refractivity contribution in [1.29, 1.82) is 0 Å². The minimum Gasteiger partial charge on any atom is -0.414 e. The molecule has 3 heterocycles. The number of nitrogens with zero attached hydrogens (tertiary/aromatic N) is 1. The average molecular weight is 583 g/mol. The lowest BCUT2D eigenvalue weighted by Gasteiger charge is -2.51. The Morgan fingerprint density at radius 2 is 1.55 bits per heavy atom. The van der Waals surface area contributed by atoms with Gasteiger partial charge in [-0.3, -0.25) is 14.3 Å². The predicted octanol–water partition coefficient (Wildman–Crippen LogP) is 3.98. The highest BCUT2D eigenvalue weighted by molar-refractivity contribution is 6.84. The van der Waals surface area contributed by atoms with E-state index in [2.05, 4.69) is 91.5 Å². The van der Waals surface area contributed by atoms with Crippen molar-refractivity contribution in [3.63, 3.8) is 0 Å². The average Bonchev–Trinajstić information content (AvgIpc) is 3.06. The van der Waals surface area contributed by atoms with Gasteiger partial charge in [0.2, 0.25) is 0 Å². The first-order valence-corrected chi connectivity index (χ1v) is 21.1. The van der Waals surface area contributed by atoms with Crippen molar-refractivity contribution in [1.82, 2.24) is 9.55 Å². The van der Waals surface area contributed by atoms with Gasteiger partial charge in [-0.15, -0.1) is 5.54 Å². The Hall–Kier alpha value is -1.31. The maximum atomic E-state index is 12.9. The van der Waals surface area contributed by atoms with Gasteiger partial charge in [0, 0.05) is 6.20 Å². The van der Waals surface area contributed by atoms with E-state index in [9.17, 15) is 14.7 Å².